The number of hydrogen-bond acceptors (Lipinski definition) is 2. The van der Waals surface area contributed by atoms with Gasteiger partial charge in [0.05, 0.1) is 11.4 Å². The van der Waals surface area contributed by atoms with E-state index in [0.29, 0.717) is 18.5 Å². The number of carbonyl (C=O) groups is 1. The molecule has 0 bridgehead atoms. The molecule has 0 fully saturated rings. The van der Waals surface area contributed by atoms with Gasteiger partial charge in [0.1, 0.15) is 0 Å². The van der Waals surface area contributed by atoms with Gasteiger partial charge in [-0.1, -0.05) is 25.1 Å². The maximum atomic E-state index is 12.4. The van der Waals surface area contributed by atoms with E-state index in [2.05, 4.69) is 0 Å². The minimum atomic E-state index is -0.947. The molecule has 4 nitrogen and oxygen atoms in total. The van der Waals surface area contributed by atoms with Gasteiger partial charge in [0, 0.05) is 12.1 Å². The molecule has 4 heteroatoms. The molecule has 0 amide bonds. The van der Waals surface area contributed by atoms with Gasteiger partial charge in [-0.15, -0.1) is 0 Å². The van der Waals surface area contributed by atoms with E-state index < -0.39 is 11.9 Å². The number of hydrogen-bond donors (Lipinski definition) is 1. The van der Waals surface area contributed by atoms with Crippen molar-refractivity contribution in [2.75, 3.05) is 0 Å². The lowest BCUT2D eigenvalue weighted by Crippen LogP contribution is -2.27. The Morgan fingerprint density at radius 2 is 2.00 bits per heavy atom. The van der Waals surface area contributed by atoms with Gasteiger partial charge >= 0.3 is 5.97 Å². The molecule has 0 aliphatic rings. The zero-order valence-corrected chi connectivity index (χ0v) is 11.1. The Morgan fingerprint density at radius 3 is 2.58 bits per heavy atom. The predicted octanol–water partition coefficient (Wildman–Crippen LogP) is 2.60. The second-order valence-corrected chi connectivity index (χ2v) is 4.51. The van der Waals surface area contributed by atoms with Gasteiger partial charge in [0.2, 0.25) is 0 Å². The molecule has 1 aromatic carbocycles. The van der Waals surface area contributed by atoms with Crippen LogP contribution in [0.15, 0.2) is 35.1 Å². The Bertz CT molecular complexity index is 673. The number of aryl methyl sites for hydroxylation is 1. The van der Waals surface area contributed by atoms with Crippen LogP contribution in [-0.4, -0.2) is 15.6 Å². The summed E-state index contributed by atoms with van der Waals surface area (Å²) in [5.74, 6) is -1.69. The minimum absolute atomic E-state index is 0.199. The third-order valence-electron chi connectivity index (χ3n) is 3.43. The highest BCUT2D eigenvalue weighted by Gasteiger charge is 2.22. The lowest BCUT2D eigenvalue weighted by Gasteiger charge is -2.14. The van der Waals surface area contributed by atoms with Crippen LogP contribution in [-0.2, 0) is 11.3 Å². The number of rotatable bonds is 4. The molecule has 19 heavy (non-hydrogen) atoms. The van der Waals surface area contributed by atoms with Crippen LogP contribution in [0, 0.1) is 0 Å². The Kier molecular flexibility index (Phi) is 3.69. The molecule has 0 spiro atoms. The van der Waals surface area contributed by atoms with Crippen LogP contribution < -0.4 is 5.56 Å². The van der Waals surface area contributed by atoms with Crippen molar-refractivity contribution in [3.8, 4) is 0 Å². The van der Waals surface area contributed by atoms with E-state index in [4.69, 9.17) is 0 Å². The average Bonchev–Trinajstić information content (AvgIpc) is 2.40. The van der Waals surface area contributed by atoms with E-state index in [1.54, 1.807) is 17.6 Å². The first-order valence-corrected chi connectivity index (χ1v) is 6.45. The fraction of sp³-hybridized carbons (Fsp3) is 0.333. The molecule has 2 aromatic rings. The summed E-state index contributed by atoms with van der Waals surface area (Å²) in [5.41, 5.74) is 1.02. The number of nitrogens with zero attached hydrogens (tertiary/aromatic N) is 1. The molecule has 0 aliphatic heterocycles. The van der Waals surface area contributed by atoms with Gasteiger partial charge in [0.15, 0.2) is 0 Å². The number of aromatic nitrogens is 1. The summed E-state index contributed by atoms with van der Waals surface area (Å²) in [5, 5.41) is 10.1. The quantitative estimate of drug-likeness (QED) is 0.918. The Labute approximate surface area is 111 Å². The summed E-state index contributed by atoms with van der Waals surface area (Å²) in [4.78, 5) is 23.7. The standard InChI is InChI=1S/C15H17NO3/c1-3-11(15(18)19)12-9-10-7-5-6-8-13(10)16(4-2)14(12)17/h5-9,11H,3-4H2,1-2H3,(H,18,19). The molecule has 1 aromatic heterocycles. The third kappa shape index (κ3) is 2.26. The van der Waals surface area contributed by atoms with Gasteiger partial charge in [-0.25, -0.2) is 0 Å². The van der Waals surface area contributed by atoms with E-state index in [1.807, 2.05) is 31.2 Å². The van der Waals surface area contributed by atoms with Crippen LogP contribution in [0.25, 0.3) is 10.9 Å². The highest BCUT2D eigenvalue weighted by Crippen LogP contribution is 2.21. The average molecular weight is 259 g/mol. The number of aliphatic carboxylic acids is 1. The SMILES string of the molecule is CCC(C(=O)O)c1cc2ccccc2n(CC)c1=O. The Morgan fingerprint density at radius 1 is 1.32 bits per heavy atom. The molecule has 0 saturated heterocycles. The van der Waals surface area contributed by atoms with Crippen molar-refractivity contribution in [1.29, 1.82) is 0 Å². The number of para-hydroxylation sites is 1. The van der Waals surface area contributed by atoms with Crippen molar-refractivity contribution in [1.82, 2.24) is 4.57 Å². The highest BCUT2D eigenvalue weighted by molar-refractivity contribution is 5.82. The van der Waals surface area contributed by atoms with Crippen molar-refractivity contribution < 1.29 is 9.90 Å². The van der Waals surface area contributed by atoms with Gasteiger partial charge in [-0.2, -0.15) is 0 Å². The smallest absolute Gasteiger partial charge is 0.311 e. The molecule has 0 saturated carbocycles. The molecule has 2 rings (SSSR count). The molecule has 1 heterocycles. The van der Waals surface area contributed by atoms with Crippen molar-refractivity contribution in [2.45, 2.75) is 32.7 Å². The maximum Gasteiger partial charge on any atom is 0.311 e. The fourth-order valence-corrected chi connectivity index (χ4v) is 2.44. The van der Waals surface area contributed by atoms with Crippen molar-refractivity contribution in [3.63, 3.8) is 0 Å². The summed E-state index contributed by atoms with van der Waals surface area (Å²) in [6.07, 6.45) is 0.409. The predicted molar refractivity (Wildman–Crippen MR) is 74.5 cm³/mol. The molecular formula is C15H17NO3. The third-order valence-corrected chi connectivity index (χ3v) is 3.43. The first kappa shape index (κ1) is 13.3. The monoisotopic (exact) mass is 259 g/mol. The molecule has 1 unspecified atom stereocenters. The normalized spacial score (nSPS) is 12.5. The van der Waals surface area contributed by atoms with Crippen LogP contribution in [0.3, 0.4) is 0 Å². The van der Waals surface area contributed by atoms with Gasteiger partial charge < -0.3 is 9.67 Å². The second-order valence-electron chi connectivity index (χ2n) is 4.51. The summed E-state index contributed by atoms with van der Waals surface area (Å²) in [6.45, 7) is 4.20. The second kappa shape index (κ2) is 5.26. The van der Waals surface area contributed by atoms with Crippen molar-refractivity contribution >= 4 is 16.9 Å². The lowest BCUT2D eigenvalue weighted by atomic mass is 9.96. The van der Waals surface area contributed by atoms with Crippen molar-refractivity contribution in [3.05, 3.63) is 46.2 Å². The fourth-order valence-electron chi connectivity index (χ4n) is 2.44. The molecule has 0 radical (unpaired) electrons. The topological polar surface area (TPSA) is 59.3 Å². The minimum Gasteiger partial charge on any atom is -0.481 e. The van der Waals surface area contributed by atoms with Crippen LogP contribution in [0.5, 0.6) is 0 Å². The first-order valence-electron chi connectivity index (χ1n) is 6.45. The lowest BCUT2D eigenvalue weighted by molar-refractivity contribution is -0.138. The summed E-state index contributed by atoms with van der Waals surface area (Å²) < 4.78 is 1.64. The highest BCUT2D eigenvalue weighted by atomic mass is 16.4. The van der Waals surface area contributed by atoms with Crippen LogP contribution in [0.4, 0.5) is 0 Å². The summed E-state index contributed by atoms with van der Waals surface area (Å²) >= 11 is 0. The van der Waals surface area contributed by atoms with Gasteiger partial charge in [-0.05, 0) is 30.9 Å². The van der Waals surface area contributed by atoms with Crippen LogP contribution >= 0.6 is 0 Å². The molecule has 0 aliphatic carbocycles. The number of carboxylic acids is 1. The van der Waals surface area contributed by atoms with E-state index in [0.717, 1.165) is 10.9 Å². The molecular weight excluding hydrogens is 242 g/mol. The zero-order valence-electron chi connectivity index (χ0n) is 11.1. The number of carboxylic acid groups (broad SMARTS) is 1. The van der Waals surface area contributed by atoms with Gasteiger partial charge in [0.25, 0.3) is 5.56 Å². The number of pyridine rings is 1. The molecule has 1 N–H and O–H groups in total. The summed E-state index contributed by atoms with van der Waals surface area (Å²) in [6, 6.07) is 9.26. The van der Waals surface area contributed by atoms with Gasteiger partial charge in [-0.3, -0.25) is 9.59 Å². The van der Waals surface area contributed by atoms with E-state index in [1.165, 1.54) is 0 Å². The van der Waals surface area contributed by atoms with E-state index in [-0.39, 0.29) is 5.56 Å². The number of benzene rings is 1. The Balaban J connectivity index is 2.79. The van der Waals surface area contributed by atoms with Crippen LogP contribution in [0.1, 0.15) is 31.7 Å². The maximum absolute atomic E-state index is 12.4. The van der Waals surface area contributed by atoms with E-state index in [9.17, 15) is 14.7 Å². The molecule has 1 atom stereocenters. The molecule has 100 valence electrons. The zero-order chi connectivity index (χ0) is 14.0. The van der Waals surface area contributed by atoms with Crippen molar-refractivity contribution in [2.24, 2.45) is 0 Å². The first-order chi connectivity index (χ1) is 9.10. The summed E-state index contributed by atoms with van der Waals surface area (Å²) in [7, 11) is 0. The van der Waals surface area contributed by atoms with E-state index >= 15 is 0 Å². The Hall–Kier alpha value is -2.10. The largest absolute Gasteiger partial charge is 0.481 e. The van der Waals surface area contributed by atoms with Crippen LogP contribution in [0.2, 0.25) is 0 Å². The number of fused-ring (bicyclic) bond motifs is 1.